The van der Waals surface area contributed by atoms with Crippen molar-refractivity contribution >= 4 is 33.3 Å². The van der Waals surface area contributed by atoms with Gasteiger partial charge < -0.3 is 0 Å². The molecule has 0 aromatic heterocycles. The minimum atomic E-state index is -0.769. The van der Waals surface area contributed by atoms with Crippen LogP contribution in [0.2, 0.25) is 5.02 Å². The summed E-state index contributed by atoms with van der Waals surface area (Å²) in [7, 11) is 0. The normalized spacial score (nSPS) is 10.4. The fourth-order valence-corrected chi connectivity index (χ4v) is 1.98. The standard InChI is InChI=1S/C13H6BrClF2O/c14-7-1-3-9(11(16)5-7)13(18)10-4-2-8(15)6-12(10)17/h1-6H. The highest BCUT2D eigenvalue weighted by Gasteiger charge is 2.17. The van der Waals surface area contributed by atoms with Gasteiger partial charge in [0.05, 0.1) is 11.1 Å². The van der Waals surface area contributed by atoms with Crippen molar-refractivity contribution in [1.29, 1.82) is 0 Å². The van der Waals surface area contributed by atoms with Crippen molar-refractivity contribution < 1.29 is 13.6 Å². The van der Waals surface area contributed by atoms with Crippen LogP contribution in [0.25, 0.3) is 0 Å². The van der Waals surface area contributed by atoms with E-state index in [0.29, 0.717) is 4.47 Å². The Kier molecular flexibility index (Phi) is 3.78. The average Bonchev–Trinajstić information content (AvgIpc) is 2.28. The van der Waals surface area contributed by atoms with Gasteiger partial charge >= 0.3 is 0 Å². The maximum absolute atomic E-state index is 13.6. The summed E-state index contributed by atoms with van der Waals surface area (Å²) in [6.45, 7) is 0. The van der Waals surface area contributed by atoms with Crippen LogP contribution >= 0.6 is 27.5 Å². The number of halogens is 4. The van der Waals surface area contributed by atoms with Crippen molar-refractivity contribution in [2.24, 2.45) is 0 Å². The zero-order valence-corrected chi connectivity index (χ0v) is 11.2. The van der Waals surface area contributed by atoms with Gasteiger partial charge in [-0.05, 0) is 36.4 Å². The molecule has 92 valence electrons. The Labute approximate surface area is 116 Å². The Morgan fingerprint density at radius 2 is 1.56 bits per heavy atom. The monoisotopic (exact) mass is 330 g/mol. The molecule has 0 fully saturated rings. The summed E-state index contributed by atoms with van der Waals surface area (Å²) >= 11 is 8.67. The van der Waals surface area contributed by atoms with Crippen molar-refractivity contribution in [2.45, 2.75) is 0 Å². The highest BCUT2D eigenvalue weighted by Crippen LogP contribution is 2.21. The molecule has 0 amide bonds. The van der Waals surface area contributed by atoms with Crippen LogP contribution in [-0.2, 0) is 0 Å². The van der Waals surface area contributed by atoms with Gasteiger partial charge in [-0.2, -0.15) is 0 Å². The summed E-state index contributed by atoms with van der Waals surface area (Å²) in [4.78, 5) is 12.0. The molecular formula is C13H6BrClF2O. The average molecular weight is 332 g/mol. The highest BCUT2D eigenvalue weighted by molar-refractivity contribution is 9.10. The SMILES string of the molecule is O=C(c1ccc(Cl)cc1F)c1ccc(Br)cc1F. The molecule has 0 spiro atoms. The topological polar surface area (TPSA) is 17.1 Å². The maximum atomic E-state index is 13.6. The third-order valence-electron chi connectivity index (χ3n) is 2.35. The molecule has 2 rings (SSSR count). The summed E-state index contributed by atoms with van der Waals surface area (Å²) in [6.07, 6.45) is 0. The van der Waals surface area contributed by atoms with Gasteiger partial charge in [-0.25, -0.2) is 8.78 Å². The van der Waals surface area contributed by atoms with E-state index in [9.17, 15) is 13.6 Å². The highest BCUT2D eigenvalue weighted by atomic mass is 79.9. The van der Waals surface area contributed by atoms with E-state index in [1.165, 1.54) is 24.3 Å². The molecule has 0 saturated heterocycles. The van der Waals surface area contributed by atoms with Crippen molar-refractivity contribution in [3.63, 3.8) is 0 Å². The van der Waals surface area contributed by atoms with Crippen LogP contribution in [0.15, 0.2) is 40.9 Å². The number of ketones is 1. The van der Waals surface area contributed by atoms with Gasteiger partial charge in [-0.15, -0.1) is 0 Å². The molecule has 0 aliphatic heterocycles. The smallest absolute Gasteiger partial charge is 0.198 e. The molecule has 2 aromatic carbocycles. The molecule has 18 heavy (non-hydrogen) atoms. The molecule has 0 radical (unpaired) electrons. The molecule has 5 heteroatoms. The second-order valence-electron chi connectivity index (χ2n) is 3.58. The van der Waals surface area contributed by atoms with Gasteiger partial charge in [-0.1, -0.05) is 27.5 Å². The molecule has 1 nitrogen and oxygen atoms in total. The lowest BCUT2D eigenvalue weighted by molar-refractivity contribution is 0.103. The molecule has 0 aliphatic carbocycles. The molecule has 2 aromatic rings. The maximum Gasteiger partial charge on any atom is 0.198 e. The number of hydrogen-bond donors (Lipinski definition) is 0. The van der Waals surface area contributed by atoms with Crippen LogP contribution in [0.4, 0.5) is 8.78 Å². The zero-order chi connectivity index (χ0) is 13.3. The lowest BCUT2D eigenvalue weighted by atomic mass is 10.0. The summed E-state index contributed by atoms with van der Waals surface area (Å²) in [6, 6.07) is 7.61. The fraction of sp³-hybridized carbons (Fsp3) is 0. The van der Waals surface area contributed by atoms with E-state index >= 15 is 0 Å². The lowest BCUT2D eigenvalue weighted by Gasteiger charge is -2.04. The number of carbonyl (C=O) groups is 1. The lowest BCUT2D eigenvalue weighted by Crippen LogP contribution is -2.06. The zero-order valence-electron chi connectivity index (χ0n) is 8.88. The van der Waals surface area contributed by atoms with Crippen LogP contribution in [0.5, 0.6) is 0 Å². The second kappa shape index (κ2) is 5.16. The van der Waals surface area contributed by atoms with Crippen molar-refractivity contribution in [1.82, 2.24) is 0 Å². The summed E-state index contributed by atoms with van der Waals surface area (Å²) in [5.74, 6) is -2.19. The third kappa shape index (κ3) is 2.60. The van der Waals surface area contributed by atoms with Gasteiger partial charge in [0.2, 0.25) is 0 Å². The molecule has 0 aliphatic rings. The molecule has 0 heterocycles. The third-order valence-corrected chi connectivity index (χ3v) is 3.08. The molecule has 0 atom stereocenters. The van der Waals surface area contributed by atoms with Crippen LogP contribution in [0.1, 0.15) is 15.9 Å². The van der Waals surface area contributed by atoms with Crippen molar-refractivity contribution in [3.8, 4) is 0 Å². The van der Waals surface area contributed by atoms with Crippen LogP contribution in [0.3, 0.4) is 0 Å². The Bertz CT molecular complexity index is 575. The van der Waals surface area contributed by atoms with Crippen molar-refractivity contribution in [2.75, 3.05) is 0 Å². The van der Waals surface area contributed by atoms with Crippen LogP contribution < -0.4 is 0 Å². The Morgan fingerprint density at radius 1 is 1.00 bits per heavy atom. The largest absolute Gasteiger partial charge is 0.288 e. The Balaban J connectivity index is 2.48. The first-order valence-corrected chi connectivity index (χ1v) is 6.11. The molecule has 0 saturated carbocycles. The van der Waals surface area contributed by atoms with E-state index in [1.54, 1.807) is 0 Å². The Morgan fingerprint density at radius 3 is 2.11 bits per heavy atom. The van der Waals surface area contributed by atoms with Gasteiger partial charge in [0.25, 0.3) is 0 Å². The first kappa shape index (κ1) is 13.2. The first-order valence-electron chi connectivity index (χ1n) is 4.94. The minimum absolute atomic E-state index is 0.181. The van der Waals surface area contributed by atoms with E-state index in [-0.39, 0.29) is 16.1 Å². The first-order chi connectivity index (χ1) is 8.49. The van der Waals surface area contributed by atoms with Crippen LogP contribution in [0, 0.1) is 11.6 Å². The van der Waals surface area contributed by atoms with Crippen LogP contribution in [-0.4, -0.2) is 5.78 Å². The Hall–Kier alpha value is -1.26. The van der Waals surface area contributed by atoms with Gasteiger partial charge in [0.1, 0.15) is 11.6 Å². The van der Waals surface area contributed by atoms with E-state index < -0.39 is 17.4 Å². The second-order valence-corrected chi connectivity index (χ2v) is 4.93. The predicted molar refractivity (Wildman–Crippen MR) is 68.9 cm³/mol. The quantitative estimate of drug-likeness (QED) is 0.734. The van der Waals surface area contributed by atoms with Gasteiger partial charge in [-0.3, -0.25) is 4.79 Å². The summed E-state index contributed by atoms with van der Waals surface area (Å²) in [5.41, 5.74) is -0.389. The number of rotatable bonds is 2. The summed E-state index contributed by atoms with van der Waals surface area (Å²) in [5, 5.41) is 0.181. The van der Waals surface area contributed by atoms with Gasteiger partial charge in [0.15, 0.2) is 5.78 Å². The minimum Gasteiger partial charge on any atom is -0.288 e. The molecular weight excluding hydrogens is 325 g/mol. The number of carbonyl (C=O) groups excluding carboxylic acids is 1. The van der Waals surface area contributed by atoms with E-state index in [2.05, 4.69) is 15.9 Å². The predicted octanol–water partition coefficient (Wildman–Crippen LogP) is 4.61. The van der Waals surface area contributed by atoms with E-state index in [0.717, 1.165) is 12.1 Å². The number of benzene rings is 2. The molecule has 0 unspecified atom stereocenters. The van der Waals surface area contributed by atoms with Gasteiger partial charge in [0, 0.05) is 9.50 Å². The molecule has 0 N–H and O–H groups in total. The van der Waals surface area contributed by atoms with E-state index in [1.807, 2.05) is 0 Å². The summed E-state index contributed by atoms with van der Waals surface area (Å²) < 4.78 is 27.7. The van der Waals surface area contributed by atoms with Crippen molar-refractivity contribution in [3.05, 3.63) is 68.7 Å². The van der Waals surface area contributed by atoms with E-state index in [4.69, 9.17) is 11.6 Å². The fourth-order valence-electron chi connectivity index (χ4n) is 1.49. The molecule has 0 bridgehead atoms. The number of hydrogen-bond acceptors (Lipinski definition) is 1.